The van der Waals surface area contributed by atoms with Crippen LogP contribution in [-0.4, -0.2) is 29.2 Å². The Kier molecular flexibility index (Phi) is 3.78. The molecule has 3 rings (SSSR count). The van der Waals surface area contributed by atoms with E-state index in [-0.39, 0.29) is 0 Å². The zero-order valence-electron chi connectivity index (χ0n) is 12.8. The van der Waals surface area contributed by atoms with Crippen molar-refractivity contribution in [1.29, 1.82) is 0 Å². The summed E-state index contributed by atoms with van der Waals surface area (Å²) in [6.07, 6.45) is 3.57. The quantitative estimate of drug-likeness (QED) is 0.800. The number of hydrogen-bond donors (Lipinski definition) is 1. The van der Waals surface area contributed by atoms with Crippen molar-refractivity contribution in [3.8, 4) is 34.1 Å². The van der Waals surface area contributed by atoms with Crippen LogP contribution in [0, 0.1) is 6.92 Å². The molecule has 0 radical (unpaired) electrons. The SMILES string of the molecule is COc1ccc(-c2nc(C)c(-c3cccnc3)[nH]2)cc1OC. The van der Waals surface area contributed by atoms with Gasteiger partial charge < -0.3 is 14.5 Å². The zero-order valence-corrected chi connectivity index (χ0v) is 12.8. The van der Waals surface area contributed by atoms with E-state index in [0.29, 0.717) is 11.5 Å². The van der Waals surface area contributed by atoms with Gasteiger partial charge in [0.25, 0.3) is 0 Å². The number of H-pyrrole nitrogens is 1. The first-order chi connectivity index (χ1) is 10.7. The van der Waals surface area contributed by atoms with Gasteiger partial charge in [-0.05, 0) is 37.3 Å². The fourth-order valence-corrected chi connectivity index (χ4v) is 2.37. The Morgan fingerprint density at radius 3 is 2.50 bits per heavy atom. The van der Waals surface area contributed by atoms with Gasteiger partial charge in [0.15, 0.2) is 11.5 Å². The number of hydrogen-bond acceptors (Lipinski definition) is 4. The van der Waals surface area contributed by atoms with Gasteiger partial charge in [0.1, 0.15) is 5.82 Å². The lowest BCUT2D eigenvalue weighted by Crippen LogP contribution is -1.91. The molecule has 2 heterocycles. The van der Waals surface area contributed by atoms with Gasteiger partial charge in [-0.3, -0.25) is 4.98 Å². The second-order valence-corrected chi connectivity index (χ2v) is 4.86. The fraction of sp³-hybridized carbons (Fsp3) is 0.176. The molecular formula is C17H17N3O2. The van der Waals surface area contributed by atoms with Crippen LogP contribution < -0.4 is 9.47 Å². The van der Waals surface area contributed by atoms with Crippen LogP contribution in [0.5, 0.6) is 11.5 Å². The lowest BCUT2D eigenvalue weighted by molar-refractivity contribution is 0.355. The molecule has 0 saturated carbocycles. The van der Waals surface area contributed by atoms with Gasteiger partial charge in [0.05, 0.1) is 25.6 Å². The second kappa shape index (κ2) is 5.89. The Labute approximate surface area is 129 Å². The van der Waals surface area contributed by atoms with E-state index in [0.717, 1.165) is 28.3 Å². The van der Waals surface area contributed by atoms with E-state index in [4.69, 9.17) is 9.47 Å². The molecule has 112 valence electrons. The monoisotopic (exact) mass is 295 g/mol. The first-order valence-corrected chi connectivity index (χ1v) is 6.92. The molecule has 0 aliphatic heterocycles. The van der Waals surface area contributed by atoms with E-state index in [1.807, 2.05) is 43.5 Å². The third-order valence-electron chi connectivity index (χ3n) is 3.49. The fourth-order valence-electron chi connectivity index (χ4n) is 2.37. The zero-order chi connectivity index (χ0) is 15.5. The number of aryl methyl sites for hydroxylation is 1. The minimum Gasteiger partial charge on any atom is -0.493 e. The summed E-state index contributed by atoms with van der Waals surface area (Å²) in [6.45, 7) is 1.98. The van der Waals surface area contributed by atoms with Gasteiger partial charge in [-0.25, -0.2) is 4.98 Å². The molecule has 0 aliphatic carbocycles. The van der Waals surface area contributed by atoms with E-state index >= 15 is 0 Å². The Hall–Kier alpha value is -2.82. The normalized spacial score (nSPS) is 10.5. The number of aromatic amines is 1. The molecule has 3 aromatic rings. The highest BCUT2D eigenvalue weighted by Crippen LogP contribution is 2.32. The van der Waals surface area contributed by atoms with E-state index in [1.165, 1.54) is 0 Å². The Morgan fingerprint density at radius 2 is 1.82 bits per heavy atom. The average molecular weight is 295 g/mol. The highest BCUT2D eigenvalue weighted by molar-refractivity contribution is 5.68. The maximum atomic E-state index is 5.34. The summed E-state index contributed by atoms with van der Waals surface area (Å²) in [6, 6.07) is 9.64. The number of methoxy groups -OCH3 is 2. The summed E-state index contributed by atoms with van der Waals surface area (Å²) in [5.41, 5.74) is 3.85. The van der Waals surface area contributed by atoms with Crippen molar-refractivity contribution < 1.29 is 9.47 Å². The molecule has 0 spiro atoms. The summed E-state index contributed by atoms with van der Waals surface area (Å²) in [7, 11) is 3.24. The number of aromatic nitrogens is 3. The summed E-state index contributed by atoms with van der Waals surface area (Å²) in [4.78, 5) is 12.1. The van der Waals surface area contributed by atoms with Crippen LogP contribution >= 0.6 is 0 Å². The number of rotatable bonds is 4. The first kappa shape index (κ1) is 14.1. The minimum atomic E-state index is 0.678. The summed E-state index contributed by atoms with van der Waals surface area (Å²) < 4.78 is 10.6. The topological polar surface area (TPSA) is 60.0 Å². The van der Waals surface area contributed by atoms with Gasteiger partial charge in [-0.15, -0.1) is 0 Å². The predicted octanol–water partition coefficient (Wildman–Crippen LogP) is 3.46. The molecule has 0 saturated heterocycles. The molecule has 0 amide bonds. The number of pyridine rings is 1. The van der Waals surface area contributed by atoms with Gasteiger partial charge >= 0.3 is 0 Å². The Balaban J connectivity index is 2.03. The molecule has 2 aromatic heterocycles. The van der Waals surface area contributed by atoms with Crippen molar-refractivity contribution in [1.82, 2.24) is 15.0 Å². The molecule has 0 atom stereocenters. The molecular weight excluding hydrogens is 278 g/mol. The first-order valence-electron chi connectivity index (χ1n) is 6.92. The Morgan fingerprint density at radius 1 is 1.00 bits per heavy atom. The highest BCUT2D eigenvalue weighted by Gasteiger charge is 2.12. The molecule has 0 aliphatic rings. The number of imidazole rings is 1. The van der Waals surface area contributed by atoms with Crippen LogP contribution in [0.3, 0.4) is 0 Å². The number of ether oxygens (including phenoxy) is 2. The van der Waals surface area contributed by atoms with Crippen LogP contribution in [0.2, 0.25) is 0 Å². The van der Waals surface area contributed by atoms with Crippen molar-refractivity contribution in [2.45, 2.75) is 6.92 Å². The summed E-state index contributed by atoms with van der Waals surface area (Å²) >= 11 is 0. The van der Waals surface area contributed by atoms with Crippen molar-refractivity contribution >= 4 is 0 Å². The molecule has 1 N–H and O–H groups in total. The lowest BCUT2D eigenvalue weighted by Gasteiger charge is -2.08. The third-order valence-corrected chi connectivity index (χ3v) is 3.49. The smallest absolute Gasteiger partial charge is 0.161 e. The summed E-state index contributed by atoms with van der Waals surface area (Å²) in [5, 5.41) is 0. The van der Waals surface area contributed by atoms with Crippen molar-refractivity contribution in [3.05, 3.63) is 48.4 Å². The molecule has 5 heteroatoms. The van der Waals surface area contributed by atoms with Gasteiger partial charge in [0, 0.05) is 23.5 Å². The van der Waals surface area contributed by atoms with Crippen LogP contribution in [0.4, 0.5) is 0 Å². The van der Waals surface area contributed by atoms with E-state index in [9.17, 15) is 0 Å². The van der Waals surface area contributed by atoms with Crippen LogP contribution in [0.25, 0.3) is 22.6 Å². The number of nitrogens with one attached hydrogen (secondary N) is 1. The molecule has 0 fully saturated rings. The second-order valence-electron chi connectivity index (χ2n) is 4.86. The minimum absolute atomic E-state index is 0.678. The molecule has 0 bridgehead atoms. The highest BCUT2D eigenvalue weighted by atomic mass is 16.5. The van der Waals surface area contributed by atoms with Crippen molar-refractivity contribution in [3.63, 3.8) is 0 Å². The van der Waals surface area contributed by atoms with Crippen LogP contribution in [0.15, 0.2) is 42.7 Å². The third kappa shape index (κ3) is 2.53. The lowest BCUT2D eigenvalue weighted by atomic mass is 10.2. The average Bonchev–Trinajstić information content (AvgIpc) is 2.97. The van der Waals surface area contributed by atoms with Crippen LogP contribution in [-0.2, 0) is 0 Å². The predicted molar refractivity (Wildman–Crippen MR) is 85.1 cm³/mol. The Bertz CT molecular complexity index is 782. The molecule has 0 unspecified atom stereocenters. The standard InChI is InChI=1S/C17H17N3O2/c1-11-16(13-5-4-8-18-10-13)20-17(19-11)12-6-7-14(21-2)15(9-12)22-3/h4-10H,1-3H3,(H,19,20). The molecule has 1 aromatic carbocycles. The van der Waals surface area contributed by atoms with E-state index in [1.54, 1.807) is 20.4 Å². The van der Waals surface area contributed by atoms with Crippen molar-refractivity contribution in [2.75, 3.05) is 14.2 Å². The van der Waals surface area contributed by atoms with E-state index in [2.05, 4.69) is 15.0 Å². The molecule has 22 heavy (non-hydrogen) atoms. The molecule has 5 nitrogen and oxygen atoms in total. The summed E-state index contributed by atoms with van der Waals surface area (Å²) in [5.74, 6) is 2.16. The van der Waals surface area contributed by atoms with Gasteiger partial charge in [0.2, 0.25) is 0 Å². The number of nitrogens with zero attached hydrogens (tertiary/aromatic N) is 2. The van der Waals surface area contributed by atoms with Gasteiger partial charge in [-0.2, -0.15) is 0 Å². The van der Waals surface area contributed by atoms with Gasteiger partial charge in [-0.1, -0.05) is 0 Å². The maximum Gasteiger partial charge on any atom is 0.161 e. The largest absolute Gasteiger partial charge is 0.493 e. The maximum absolute atomic E-state index is 5.34. The van der Waals surface area contributed by atoms with E-state index < -0.39 is 0 Å². The van der Waals surface area contributed by atoms with Crippen molar-refractivity contribution in [2.24, 2.45) is 0 Å². The number of benzene rings is 1. The van der Waals surface area contributed by atoms with Crippen LogP contribution in [0.1, 0.15) is 5.69 Å².